The lowest BCUT2D eigenvalue weighted by Gasteiger charge is -2.24. The molecule has 0 saturated heterocycles. The molecule has 0 unspecified atom stereocenters. The maximum atomic E-state index is 4.65. The van der Waals surface area contributed by atoms with Crippen LogP contribution < -0.4 is 10.6 Å². The molecule has 4 aromatic heterocycles. The average Bonchev–Trinajstić information content (AvgIpc) is 3.32. The maximum absolute atomic E-state index is 4.65. The van der Waals surface area contributed by atoms with E-state index in [-0.39, 0.29) is 0 Å². The molecule has 0 amide bonds. The summed E-state index contributed by atoms with van der Waals surface area (Å²) in [6.07, 6.45) is 7.46. The first-order valence-corrected chi connectivity index (χ1v) is 21.3. The Kier molecular flexibility index (Phi) is 12.9. The first kappa shape index (κ1) is 40.2. The standard InChI is InChI=1S/C54H50N8/c1-7-27-53(41(17-1)35-61(37-43-19-9-13-29-55-43)38-44-20-10-14-30-56-44)59-33-51-47-23-3-5-25-49(47)52(50-26-6-4-24-48(50)51)34-60-54-28-8-2-18-42(54)36-62(39-45-21-11-15-31-57-45)40-46-22-12-16-32-58-46/h1-32,59-60H,33-40H2. The summed E-state index contributed by atoms with van der Waals surface area (Å²) in [5.74, 6) is 0. The van der Waals surface area contributed by atoms with Crippen LogP contribution in [0.2, 0.25) is 0 Å². The van der Waals surface area contributed by atoms with E-state index in [1.807, 2.05) is 49.1 Å². The van der Waals surface area contributed by atoms with E-state index in [2.05, 4.69) is 186 Å². The Morgan fingerprint density at radius 1 is 0.306 bits per heavy atom. The molecule has 9 rings (SSSR count). The van der Waals surface area contributed by atoms with E-state index < -0.39 is 0 Å². The predicted molar refractivity (Wildman–Crippen MR) is 252 cm³/mol. The van der Waals surface area contributed by atoms with Gasteiger partial charge in [-0.3, -0.25) is 29.7 Å². The number of nitrogens with one attached hydrogen (secondary N) is 2. The molecule has 0 atom stereocenters. The first-order chi connectivity index (χ1) is 30.7. The number of aromatic nitrogens is 4. The van der Waals surface area contributed by atoms with Crippen LogP contribution in [0.5, 0.6) is 0 Å². The molecule has 8 nitrogen and oxygen atoms in total. The largest absolute Gasteiger partial charge is 0.381 e. The summed E-state index contributed by atoms with van der Waals surface area (Å²) in [4.78, 5) is 23.4. The van der Waals surface area contributed by atoms with Gasteiger partial charge in [-0.05, 0) is 104 Å². The summed E-state index contributed by atoms with van der Waals surface area (Å²) in [6, 6.07) is 59.5. The van der Waals surface area contributed by atoms with Crippen LogP contribution in [0.25, 0.3) is 21.5 Å². The quantitative estimate of drug-likeness (QED) is 0.0829. The van der Waals surface area contributed by atoms with E-state index >= 15 is 0 Å². The lowest BCUT2D eigenvalue weighted by Crippen LogP contribution is -2.24. The molecule has 0 aliphatic carbocycles. The zero-order valence-electron chi connectivity index (χ0n) is 34.8. The number of benzene rings is 5. The van der Waals surface area contributed by atoms with E-state index in [1.54, 1.807) is 0 Å². The van der Waals surface area contributed by atoms with Crippen molar-refractivity contribution in [3.05, 3.63) is 240 Å². The highest BCUT2D eigenvalue weighted by Crippen LogP contribution is 2.35. The van der Waals surface area contributed by atoms with Crippen LogP contribution >= 0.6 is 0 Å². The zero-order chi connectivity index (χ0) is 41.8. The minimum atomic E-state index is 0.678. The normalized spacial score (nSPS) is 11.4. The van der Waals surface area contributed by atoms with Crippen molar-refractivity contribution in [2.45, 2.75) is 52.4 Å². The zero-order valence-corrected chi connectivity index (χ0v) is 34.8. The van der Waals surface area contributed by atoms with Crippen molar-refractivity contribution >= 4 is 32.9 Å². The van der Waals surface area contributed by atoms with Gasteiger partial charge in [-0.2, -0.15) is 0 Å². The minimum absolute atomic E-state index is 0.678. The van der Waals surface area contributed by atoms with E-state index in [0.29, 0.717) is 13.1 Å². The second kappa shape index (κ2) is 19.9. The molecule has 4 heterocycles. The molecule has 306 valence electrons. The molecule has 0 bridgehead atoms. The van der Waals surface area contributed by atoms with Crippen molar-refractivity contribution in [2.24, 2.45) is 0 Å². The second-order valence-corrected chi connectivity index (χ2v) is 15.6. The lowest BCUT2D eigenvalue weighted by molar-refractivity contribution is 0.242. The van der Waals surface area contributed by atoms with Crippen LogP contribution in [0.4, 0.5) is 11.4 Å². The van der Waals surface area contributed by atoms with Gasteiger partial charge in [0.15, 0.2) is 0 Å². The number of anilines is 2. The van der Waals surface area contributed by atoms with Crippen LogP contribution in [-0.4, -0.2) is 29.7 Å². The van der Waals surface area contributed by atoms with Crippen LogP contribution in [-0.2, 0) is 52.4 Å². The Labute approximate surface area is 364 Å². The highest BCUT2D eigenvalue weighted by molar-refractivity contribution is 6.06. The summed E-state index contributed by atoms with van der Waals surface area (Å²) < 4.78 is 0. The molecule has 2 N–H and O–H groups in total. The lowest BCUT2D eigenvalue weighted by atomic mass is 9.91. The fourth-order valence-corrected chi connectivity index (χ4v) is 8.42. The van der Waals surface area contributed by atoms with Crippen molar-refractivity contribution in [1.82, 2.24) is 29.7 Å². The van der Waals surface area contributed by atoms with Gasteiger partial charge in [0.2, 0.25) is 0 Å². The molecule has 5 aromatic carbocycles. The number of nitrogens with zero attached hydrogens (tertiary/aromatic N) is 6. The predicted octanol–water partition coefficient (Wildman–Crippen LogP) is 11.2. The number of pyridine rings is 4. The van der Waals surface area contributed by atoms with E-state index in [9.17, 15) is 0 Å². The van der Waals surface area contributed by atoms with Gasteiger partial charge in [-0.1, -0.05) is 109 Å². The smallest absolute Gasteiger partial charge is 0.0544 e. The van der Waals surface area contributed by atoms with Crippen molar-refractivity contribution in [3.8, 4) is 0 Å². The summed E-state index contributed by atoms with van der Waals surface area (Å²) in [7, 11) is 0. The summed E-state index contributed by atoms with van der Waals surface area (Å²) in [5, 5.41) is 12.8. The minimum Gasteiger partial charge on any atom is -0.381 e. The summed E-state index contributed by atoms with van der Waals surface area (Å²) in [5.41, 5.74) is 11.4. The fraction of sp³-hybridized carbons (Fsp3) is 0.148. The molecule has 0 saturated carbocycles. The molecule has 0 aliphatic rings. The number of rotatable bonds is 18. The number of para-hydroxylation sites is 2. The Hall–Kier alpha value is -7.26. The molecular weight excluding hydrogens is 761 g/mol. The van der Waals surface area contributed by atoms with E-state index in [4.69, 9.17) is 0 Å². The van der Waals surface area contributed by atoms with Crippen molar-refractivity contribution in [3.63, 3.8) is 0 Å². The van der Waals surface area contributed by atoms with Gasteiger partial charge in [0.25, 0.3) is 0 Å². The number of hydrogen-bond acceptors (Lipinski definition) is 8. The molecule has 9 aromatic rings. The number of hydrogen-bond donors (Lipinski definition) is 2. The first-order valence-electron chi connectivity index (χ1n) is 21.3. The van der Waals surface area contributed by atoms with Gasteiger partial charge < -0.3 is 10.6 Å². The van der Waals surface area contributed by atoms with Crippen LogP contribution in [0.1, 0.15) is 45.0 Å². The molecular formula is C54H50N8. The second-order valence-electron chi connectivity index (χ2n) is 15.6. The Balaban J connectivity index is 0.975. The van der Waals surface area contributed by atoms with Gasteiger partial charge >= 0.3 is 0 Å². The third-order valence-corrected chi connectivity index (χ3v) is 11.3. The Morgan fingerprint density at radius 2 is 0.597 bits per heavy atom. The van der Waals surface area contributed by atoms with Gasteiger partial charge in [0.05, 0.1) is 22.8 Å². The molecule has 0 radical (unpaired) electrons. The van der Waals surface area contributed by atoms with Crippen LogP contribution in [0.3, 0.4) is 0 Å². The van der Waals surface area contributed by atoms with Gasteiger partial charge in [-0.25, -0.2) is 0 Å². The third-order valence-electron chi connectivity index (χ3n) is 11.3. The maximum Gasteiger partial charge on any atom is 0.0544 e. The van der Waals surface area contributed by atoms with E-state index in [1.165, 1.54) is 43.8 Å². The van der Waals surface area contributed by atoms with Crippen LogP contribution in [0.15, 0.2) is 195 Å². The highest BCUT2D eigenvalue weighted by atomic mass is 15.1. The summed E-state index contributed by atoms with van der Waals surface area (Å²) >= 11 is 0. The highest BCUT2D eigenvalue weighted by Gasteiger charge is 2.18. The Bertz CT molecular complexity index is 2490. The molecule has 0 spiro atoms. The van der Waals surface area contributed by atoms with Crippen molar-refractivity contribution in [2.75, 3.05) is 10.6 Å². The van der Waals surface area contributed by atoms with E-state index in [0.717, 1.165) is 73.4 Å². The van der Waals surface area contributed by atoms with Gasteiger partial charge in [0, 0.05) is 88.5 Å². The monoisotopic (exact) mass is 810 g/mol. The fourth-order valence-electron chi connectivity index (χ4n) is 8.42. The number of fused-ring (bicyclic) bond motifs is 2. The molecule has 8 heteroatoms. The van der Waals surface area contributed by atoms with Crippen molar-refractivity contribution in [1.29, 1.82) is 0 Å². The molecule has 0 fully saturated rings. The third kappa shape index (κ3) is 10.0. The topological polar surface area (TPSA) is 82.1 Å². The summed E-state index contributed by atoms with van der Waals surface area (Å²) in [6.45, 7) is 5.72. The van der Waals surface area contributed by atoms with Gasteiger partial charge in [0.1, 0.15) is 0 Å². The van der Waals surface area contributed by atoms with Crippen LogP contribution in [0, 0.1) is 0 Å². The molecule has 0 aliphatic heterocycles. The Morgan fingerprint density at radius 3 is 0.903 bits per heavy atom. The average molecular weight is 811 g/mol. The SMILES string of the molecule is c1ccc(CN(Cc2ccccn2)Cc2ccccc2NCc2c3ccccc3c(CNc3ccccc3CN(Cc3ccccn3)Cc3ccccn3)c3ccccc23)nc1. The van der Waals surface area contributed by atoms with Crippen molar-refractivity contribution < 1.29 is 0 Å². The molecule has 62 heavy (non-hydrogen) atoms. The van der Waals surface area contributed by atoms with Gasteiger partial charge in [-0.15, -0.1) is 0 Å².